The first-order chi connectivity index (χ1) is 12.5. The summed E-state index contributed by atoms with van der Waals surface area (Å²) < 4.78 is 7.49. The number of rotatable bonds is 5. The third kappa shape index (κ3) is 3.72. The van der Waals surface area contributed by atoms with E-state index >= 15 is 0 Å². The molecule has 7 nitrogen and oxygen atoms in total. The van der Waals surface area contributed by atoms with E-state index in [1.807, 2.05) is 50.2 Å². The fourth-order valence-corrected chi connectivity index (χ4v) is 2.62. The van der Waals surface area contributed by atoms with Gasteiger partial charge in [-0.05, 0) is 60.2 Å². The molecule has 0 saturated carbocycles. The van der Waals surface area contributed by atoms with Gasteiger partial charge in [-0.2, -0.15) is 4.68 Å². The van der Waals surface area contributed by atoms with Crippen molar-refractivity contribution in [1.82, 2.24) is 20.2 Å². The molecule has 3 aromatic rings. The lowest BCUT2D eigenvalue weighted by atomic mass is 10.1. The van der Waals surface area contributed by atoms with Crippen molar-refractivity contribution in [2.24, 2.45) is 0 Å². The van der Waals surface area contributed by atoms with E-state index in [-0.39, 0.29) is 12.5 Å². The van der Waals surface area contributed by atoms with Crippen LogP contribution in [0.15, 0.2) is 42.5 Å². The molecular weight excluding hydrogens is 330 g/mol. The average Bonchev–Trinajstić information content (AvgIpc) is 3.08. The molecule has 0 N–H and O–H groups in total. The Hall–Kier alpha value is -3.22. The van der Waals surface area contributed by atoms with Crippen LogP contribution in [0.2, 0.25) is 0 Å². The number of amides is 1. The summed E-state index contributed by atoms with van der Waals surface area (Å²) >= 11 is 0. The molecule has 0 bridgehead atoms. The maximum absolute atomic E-state index is 11.4. The normalized spacial score (nSPS) is 10.6. The molecule has 0 aliphatic heterocycles. The van der Waals surface area contributed by atoms with E-state index in [9.17, 15) is 4.79 Å². The Bertz CT molecular complexity index is 918. The fraction of sp³-hybridized carbons (Fsp3) is 0.263. The minimum atomic E-state index is -0.0219. The predicted octanol–water partition coefficient (Wildman–Crippen LogP) is 2.84. The highest BCUT2D eigenvalue weighted by Gasteiger charge is 2.12. The minimum absolute atomic E-state index is 0.0219. The van der Waals surface area contributed by atoms with E-state index < -0.39 is 0 Å². The molecular formula is C19H21N5O2. The monoisotopic (exact) mass is 351 g/mol. The number of benzene rings is 2. The Morgan fingerprint density at radius 3 is 2.54 bits per heavy atom. The van der Waals surface area contributed by atoms with Crippen molar-refractivity contribution < 1.29 is 9.53 Å². The van der Waals surface area contributed by atoms with E-state index in [1.165, 1.54) is 12.5 Å². The van der Waals surface area contributed by atoms with Crippen LogP contribution in [-0.4, -0.2) is 33.2 Å². The van der Waals surface area contributed by atoms with Crippen molar-refractivity contribution in [3.8, 4) is 11.4 Å². The molecule has 0 radical (unpaired) electrons. The first-order valence-electron chi connectivity index (χ1n) is 8.28. The van der Waals surface area contributed by atoms with Crippen LogP contribution < -0.4 is 9.64 Å². The lowest BCUT2D eigenvalue weighted by Gasteiger charge is -2.15. The van der Waals surface area contributed by atoms with Crippen LogP contribution in [0.4, 0.5) is 5.69 Å². The molecule has 134 valence electrons. The summed E-state index contributed by atoms with van der Waals surface area (Å²) in [6, 6.07) is 13.4. The first-order valence-corrected chi connectivity index (χ1v) is 8.28. The third-order valence-corrected chi connectivity index (χ3v) is 4.18. The van der Waals surface area contributed by atoms with E-state index in [1.54, 1.807) is 16.6 Å². The van der Waals surface area contributed by atoms with Crippen molar-refractivity contribution in [2.75, 3.05) is 11.9 Å². The van der Waals surface area contributed by atoms with Gasteiger partial charge >= 0.3 is 0 Å². The summed E-state index contributed by atoms with van der Waals surface area (Å²) in [5.74, 6) is 1.27. The summed E-state index contributed by atoms with van der Waals surface area (Å²) in [6.07, 6.45) is 0. The Morgan fingerprint density at radius 2 is 1.88 bits per heavy atom. The number of hydrogen-bond donors (Lipinski definition) is 0. The molecule has 3 rings (SSSR count). The SMILES string of the molecule is CC(=O)N(C)c1ccc(OCc2nnnn2-c2ccc(C)cc2C)cc1. The maximum Gasteiger partial charge on any atom is 0.223 e. The molecule has 0 aliphatic rings. The second-order valence-corrected chi connectivity index (χ2v) is 6.16. The molecule has 7 heteroatoms. The summed E-state index contributed by atoms with van der Waals surface area (Å²) in [5, 5.41) is 11.9. The topological polar surface area (TPSA) is 73.1 Å². The van der Waals surface area contributed by atoms with Crippen LogP contribution in [0, 0.1) is 13.8 Å². The molecule has 1 amide bonds. The molecule has 0 unspecified atom stereocenters. The lowest BCUT2D eigenvalue weighted by Crippen LogP contribution is -2.22. The van der Waals surface area contributed by atoms with Crippen LogP contribution in [0.1, 0.15) is 23.9 Å². The van der Waals surface area contributed by atoms with Crippen LogP contribution in [-0.2, 0) is 11.4 Å². The van der Waals surface area contributed by atoms with Crippen LogP contribution in [0.5, 0.6) is 5.75 Å². The maximum atomic E-state index is 11.4. The number of tetrazole rings is 1. The van der Waals surface area contributed by atoms with E-state index in [4.69, 9.17) is 4.74 Å². The van der Waals surface area contributed by atoms with Crippen molar-refractivity contribution in [1.29, 1.82) is 0 Å². The van der Waals surface area contributed by atoms with E-state index in [0.717, 1.165) is 16.9 Å². The van der Waals surface area contributed by atoms with E-state index in [2.05, 4.69) is 21.6 Å². The van der Waals surface area contributed by atoms with Crippen molar-refractivity contribution >= 4 is 11.6 Å². The standard InChI is InChI=1S/C19H21N5O2/c1-13-5-10-18(14(2)11-13)24-19(20-21-22-24)12-26-17-8-6-16(7-9-17)23(4)15(3)25/h5-11H,12H2,1-4H3. The zero-order chi connectivity index (χ0) is 18.7. The lowest BCUT2D eigenvalue weighted by molar-refractivity contribution is -0.116. The van der Waals surface area contributed by atoms with Crippen LogP contribution in [0.3, 0.4) is 0 Å². The summed E-state index contributed by atoms with van der Waals surface area (Å²) in [7, 11) is 1.73. The van der Waals surface area contributed by atoms with Crippen LogP contribution in [0.25, 0.3) is 5.69 Å². The average molecular weight is 351 g/mol. The highest BCUT2D eigenvalue weighted by atomic mass is 16.5. The molecule has 1 aromatic heterocycles. The smallest absolute Gasteiger partial charge is 0.223 e. The highest BCUT2D eigenvalue weighted by molar-refractivity contribution is 5.90. The quantitative estimate of drug-likeness (QED) is 0.707. The van der Waals surface area contributed by atoms with Gasteiger partial charge in [0.1, 0.15) is 12.4 Å². The Balaban J connectivity index is 1.73. The molecule has 0 fully saturated rings. The van der Waals surface area contributed by atoms with Gasteiger partial charge in [0.05, 0.1) is 5.69 Å². The number of carbonyl (C=O) groups is 1. The number of aromatic nitrogens is 4. The molecule has 0 spiro atoms. The van der Waals surface area contributed by atoms with Gasteiger partial charge in [0.15, 0.2) is 5.82 Å². The van der Waals surface area contributed by atoms with Gasteiger partial charge in [-0.15, -0.1) is 5.10 Å². The Morgan fingerprint density at radius 1 is 1.15 bits per heavy atom. The largest absolute Gasteiger partial charge is 0.486 e. The van der Waals surface area contributed by atoms with E-state index in [0.29, 0.717) is 11.6 Å². The first kappa shape index (κ1) is 17.6. The van der Waals surface area contributed by atoms with Gasteiger partial charge in [0.25, 0.3) is 0 Å². The Labute approximate surface area is 152 Å². The number of ether oxygens (including phenoxy) is 1. The van der Waals surface area contributed by atoms with Crippen molar-refractivity contribution in [2.45, 2.75) is 27.4 Å². The summed E-state index contributed by atoms with van der Waals surface area (Å²) in [5.41, 5.74) is 4.02. The number of nitrogens with zero attached hydrogens (tertiary/aromatic N) is 5. The molecule has 0 saturated heterocycles. The number of carbonyl (C=O) groups excluding carboxylic acids is 1. The van der Waals surface area contributed by atoms with Crippen molar-refractivity contribution in [3.05, 3.63) is 59.4 Å². The highest BCUT2D eigenvalue weighted by Crippen LogP contribution is 2.20. The molecule has 0 atom stereocenters. The summed E-state index contributed by atoms with van der Waals surface area (Å²) in [4.78, 5) is 13.0. The van der Waals surface area contributed by atoms with Gasteiger partial charge in [0.2, 0.25) is 5.91 Å². The zero-order valence-corrected chi connectivity index (χ0v) is 15.3. The number of hydrogen-bond acceptors (Lipinski definition) is 5. The fourth-order valence-electron chi connectivity index (χ4n) is 2.62. The molecule has 1 heterocycles. The van der Waals surface area contributed by atoms with Gasteiger partial charge < -0.3 is 9.64 Å². The molecule has 2 aromatic carbocycles. The molecule has 26 heavy (non-hydrogen) atoms. The second-order valence-electron chi connectivity index (χ2n) is 6.16. The van der Waals surface area contributed by atoms with Gasteiger partial charge in [-0.3, -0.25) is 4.79 Å². The van der Waals surface area contributed by atoms with Crippen LogP contribution >= 0.6 is 0 Å². The second kappa shape index (κ2) is 7.35. The molecule has 0 aliphatic carbocycles. The predicted molar refractivity (Wildman–Crippen MR) is 98.5 cm³/mol. The Kier molecular flexibility index (Phi) is 4.97. The van der Waals surface area contributed by atoms with Crippen molar-refractivity contribution in [3.63, 3.8) is 0 Å². The van der Waals surface area contributed by atoms with Gasteiger partial charge in [-0.25, -0.2) is 0 Å². The van der Waals surface area contributed by atoms with Gasteiger partial charge in [0, 0.05) is 19.7 Å². The number of aryl methyl sites for hydroxylation is 2. The number of anilines is 1. The summed E-state index contributed by atoms with van der Waals surface area (Å²) in [6.45, 7) is 5.84. The zero-order valence-electron chi connectivity index (χ0n) is 15.3. The minimum Gasteiger partial charge on any atom is -0.486 e. The third-order valence-electron chi connectivity index (χ3n) is 4.18. The van der Waals surface area contributed by atoms with Gasteiger partial charge in [-0.1, -0.05) is 17.7 Å².